The van der Waals surface area contributed by atoms with Crippen molar-refractivity contribution in [3.05, 3.63) is 32.8 Å². The van der Waals surface area contributed by atoms with Crippen molar-refractivity contribution in [2.75, 3.05) is 7.11 Å². The second-order valence-electron chi connectivity index (χ2n) is 2.75. The van der Waals surface area contributed by atoms with Crippen molar-refractivity contribution in [3.8, 4) is 6.07 Å². The lowest BCUT2D eigenvalue weighted by Crippen LogP contribution is -2.06. The third-order valence-corrected chi connectivity index (χ3v) is 3.19. The fraction of sp³-hybridized carbons (Fsp3) is 0.200. The maximum Gasteiger partial charge on any atom is 0.310 e. The smallest absolute Gasteiger partial charge is 0.310 e. The molecule has 0 atom stereocenters. The normalized spacial score (nSPS) is 9.47. The minimum absolute atomic E-state index is 0.00231. The highest BCUT2D eigenvalue weighted by Crippen LogP contribution is 2.29. The standard InChI is InChI=1S/C10H7BrClNO2/c1-15-9(14)4-7-6(5-13)2-3-8(11)10(7)12/h2-3H,4H2,1H3. The summed E-state index contributed by atoms with van der Waals surface area (Å²) in [6.07, 6.45) is -0.00231. The van der Waals surface area contributed by atoms with E-state index in [-0.39, 0.29) is 6.42 Å². The molecule has 0 aliphatic rings. The van der Waals surface area contributed by atoms with Crippen LogP contribution in [0.4, 0.5) is 0 Å². The lowest BCUT2D eigenvalue weighted by molar-refractivity contribution is -0.139. The van der Waals surface area contributed by atoms with E-state index in [0.717, 1.165) is 0 Å². The lowest BCUT2D eigenvalue weighted by atomic mass is 10.1. The summed E-state index contributed by atoms with van der Waals surface area (Å²) in [7, 11) is 1.29. The average Bonchev–Trinajstić information content (AvgIpc) is 2.25. The Hall–Kier alpha value is -1.05. The van der Waals surface area contributed by atoms with Crippen LogP contribution in [0, 0.1) is 11.3 Å². The second-order valence-corrected chi connectivity index (χ2v) is 3.98. The highest BCUT2D eigenvalue weighted by atomic mass is 79.9. The van der Waals surface area contributed by atoms with Crippen molar-refractivity contribution < 1.29 is 9.53 Å². The van der Waals surface area contributed by atoms with E-state index in [1.54, 1.807) is 12.1 Å². The van der Waals surface area contributed by atoms with E-state index in [9.17, 15) is 4.79 Å². The van der Waals surface area contributed by atoms with Crippen molar-refractivity contribution in [2.45, 2.75) is 6.42 Å². The topological polar surface area (TPSA) is 50.1 Å². The van der Waals surface area contributed by atoms with Gasteiger partial charge in [0.15, 0.2) is 0 Å². The van der Waals surface area contributed by atoms with Gasteiger partial charge in [-0.1, -0.05) is 11.6 Å². The van der Waals surface area contributed by atoms with Crippen LogP contribution in [0.3, 0.4) is 0 Å². The summed E-state index contributed by atoms with van der Waals surface area (Å²) in [5.74, 6) is -0.425. The first-order valence-electron chi connectivity index (χ1n) is 4.04. The molecule has 5 heteroatoms. The molecule has 0 unspecified atom stereocenters. The summed E-state index contributed by atoms with van der Waals surface area (Å²) in [5.41, 5.74) is 0.869. The van der Waals surface area contributed by atoms with Crippen molar-refractivity contribution in [2.24, 2.45) is 0 Å². The van der Waals surface area contributed by atoms with Crippen molar-refractivity contribution in [1.82, 2.24) is 0 Å². The zero-order valence-corrected chi connectivity index (χ0v) is 10.2. The van der Waals surface area contributed by atoms with Gasteiger partial charge in [0.2, 0.25) is 0 Å². The van der Waals surface area contributed by atoms with Crippen LogP contribution < -0.4 is 0 Å². The Labute approximate surface area is 101 Å². The summed E-state index contributed by atoms with van der Waals surface area (Å²) in [6.45, 7) is 0. The van der Waals surface area contributed by atoms with Crippen LogP contribution >= 0.6 is 27.5 Å². The number of halogens is 2. The predicted molar refractivity (Wildman–Crippen MR) is 59.6 cm³/mol. The maximum atomic E-state index is 11.1. The van der Waals surface area contributed by atoms with E-state index in [0.29, 0.717) is 20.6 Å². The molecule has 0 N–H and O–H groups in total. The zero-order valence-electron chi connectivity index (χ0n) is 7.88. The molecule has 1 aromatic carbocycles. The Balaban J connectivity index is 3.19. The van der Waals surface area contributed by atoms with Crippen LogP contribution in [-0.4, -0.2) is 13.1 Å². The number of esters is 1. The van der Waals surface area contributed by atoms with Gasteiger partial charge in [0.25, 0.3) is 0 Å². The molecule has 1 rings (SSSR count). The van der Waals surface area contributed by atoms with E-state index in [2.05, 4.69) is 20.7 Å². The van der Waals surface area contributed by atoms with E-state index in [1.165, 1.54) is 7.11 Å². The first kappa shape index (κ1) is 12.0. The molecule has 0 aliphatic carbocycles. The van der Waals surface area contributed by atoms with Gasteiger partial charge in [0, 0.05) is 10.0 Å². The van der Waals surface area contributed by atoms with Gasteiger partial charge in [0.05, 0.1) is 30.2 Å². The van der Waals surface area contributed by atoms with E-state index in [1.807, 2.05) is 6.07 Å². The molecule has 0 saturated carbocycles. The number of hydrogen-bond acceptors (Lipinski definition) is 3. The lowest BCUT2D eigenvalue weighted by Gasteiger charge is -2.06. The van der Waals surface area contributed by atoms with Crippen LogP contribution in [0.15, 0.2) is 16.6 Å². The molecule has 0 aliphatic heterocycles. The molecule has 0 fully saturated rings. The summed E-state index contributed by atoms with van der Waals surface area (Å²) < 4.78 is 5.18. The van der Waals surface area contributed by atoms with Gasteiger partial charge in [-0.2, -0.15) is 5.26 Å². The van der Waals surface area contributed by atoms with Crippen LogP contribution in [0.2, 0.25) is 5.02 Å². The van der Waals surface area contributed by atoms with Crippen LogP contribution in [0.25, 0.3) is 0 Å². The van der Waals surface area contributed by atoms with Crippen molar-refractivity contribution in [1.29, 1.82) is 5.26 Å². The highest BCUT2D eigenvalue weighted by molar-refractivity contribution is 9.10. The second kappa shape index (κ2) is 5.15. The summed E-state index contributed by atoms with van der Waals surface area (Å²) in [5, 5.41) is 9.22. The molecule has 0 amide bonds. The maximum absolute atomic E-state index is 11.1. The molecule has 0 spiro atoms. The molecule has 0 aromatic heterocycles. The average molecular weight is 289 g/mol. The summed E-state index contributed by atoms with van der Waals surface area (Å²) in [4.78, 5) is 11.1. The Morgan fingerprint density at radius 3 is 2.87 bits per heavy atom. The summed E-state index contributed by atoms with van der Waals surface area (Å²) in [6, 6.07) is 5.25. The molecular weight excluding hydrogens is 281 g/mol. The SMILES string of the molecule is COC(=O)Cc1c(C#N)ccc(Br)c1Cl. The number of benzene rings is 1. The Kier molecular flexibility index (Phi) is 4.13. The number of methoxy groups -OCH3 is 1. The molecule has 0 bridgehead atoms. The van der Waals surface area contributed by atoms with Crippen LogP contribution in [0.5, 0.6) is 0 Å². The van der Waals surface area contributed by atoms with Gasteiger partial charge in [-0.3, -0.25) is 4.79 Å². The third-order valence-electron chi connectivity index (χ3n) is 1.87. The highest BCUT2D eigenvalue weighted by Gasteiger charge is 2.14. The summed E-state index contributed by atoms with van der Waals surface area (Å²) >= 11 is 9.20. The molecule has 3 nitrogen and oxygen atoms in total. The number of carbonyl (C=O) groups excluding carboxylic acids is 1. The van der Waals surface area contributed by atoms with E-state index < -0.39 is 5.97 Å². The van der Waals surface area contributed by atoms with Gasteiger partial charge in [0.1, 0.15) is 0 Å². The number of ether oxygens (including phenoxy) is 1. The molecule has 15 heavy (non-hydrogen) atoms. The minimum Gasteiger partial charge on any atom is -0.469 e. The first-order valence-corrected chi connectivity index (χ1v) is 5.21. The van der Waals surface area contributed by atoms with Gasteiger partial charge < -0.3 is 4.74 Å². The van der Waals surface area contributed by atoms with E-state index in [4.69, 9.17) is 16.9 Å². The quantitative estimate of drug-likeness (QED) is 0.786. The monoisotopic (exact) mass is 287 g/mol. The predicted octanol–water partition coefficient (Wildman–Crippen LogP) is 2.69. The number of rotatable bonds is 2. The van der Waals surface area contributed by atoms with Crippen molar-refractivity contribution >= 4 is 33.5 Å². The Bertz CT molecular complexity index is 440. The minimum atomic E-state index is -0.425. The van der Waals surface area contributed by atoms with Gasteiger partial charge >= 0.3 is 5.97 Å². The zero-order chi connectivity index (χ0) is 11.4. The fourth-order valence-corrected chi connectivity index (χ4v) is 1.69. The van der Waals surface area contributed by atoms with Crippen LogP contribution in [-0.2, 0) is 16.0 Å². The molecule has 0 saturated heterocycles. The molecule has 0 heterocycles. The van der Waals surface area contributed by atoms with Crippen LogP contribution in [0.1, 0.15) is 11.1 Å². The van der Waals surface area contributed by atoms with E-state index >= 15 is 0 Å². The molecule has 1 aromatic rings. The number of nitrogens with zero attached hydrogens (tertiary/aromatic N) is 1. The Morgan fingerprint density at radius 2 is 2.33 bits per heavy atom. The Morgan fingerprint density at radius 1 is 1.67 bits per heavy atom. The number of nitriles is 1. The fourth-order valence-electron chi connectivity index (χ4n) is 1.09. The largest absolute Gasteiger partial charge is 0.469 e. The number of carbonyl (C=O) groups is 1. The molecular formula is C10H7BrClNO2. The third kappa shape index (κ3) is 2.71. The molecule has 0 radical (unpaired) electrons. The van der Waals surface area contributed by atoms with Crippen molar-refractivity contribution in [3.63, 3.8) is 0 Å². The van der Waals surface area contributed by atoms with Gasteiger partial charge in [-0.05, 0) is 28.1 Å². The number of hydrogen-bond donors (Lipinski definition) is 0. The molecule has 78 valence electrons. The first-order chi connectivity index (χ1) is 7.10. The van der Waals surface area contributed by atoms with Gasteiger partial charge in [-0.25, -0.2) is 0 Å². The van der Waals surface area contributed by atoms with Gasteiger partial charge in [-0.15, -0.1) is 0 Å².